The van der Waals surface area contributed by atoms with Crippen molar-refractivity contribution in [3.05, 3.63) is 23.8 Å². The van der Waals surface area contributed by atoms with E-state index in [1.165, 1.54) is 31.2 Å². The molecule has 0 atom stereocenters. The number of carbonyl (C=O) groups is 1. The van der Waals surface area contributed by atoms with E-state index < -0.39 is 0 Å². The van der Waals surface area contributed by atoms with Gasteiger partial charge in [0.05, 0.1) is 5.69 Å². The molecule has 0 spiro atoms. The van der Waals surface area contributed by atoms with Gasteiger partial charge < -0.3 is 15.4 Å². The van der Waals surface area contributed by atoms with Crippen LogP contribution in [-0.2, 0) is 11.3 Å². The summed E-state index contributed by atoms with van der Waals surface area (Å²) in [4.78, 5) is 11.3. The summed E-state index contributed by atoms with van der Waals surface area (Å²) >= 11 is 0. The molecule has 1 heterocycles. The van der Waals surface area contributed by atoms with E-state index in [0.717, 1.165) is 18.0 Å². The van der Waals surface area contributed by atoms with Crippen LogP contribution in [0.5, 0.6) is 5.75 Å². The van der Waals surface area contributed by atoms with E-state index >= 15 is 0 Å². The minimum absolute atomic E-state index is 0.0818. The predicted molar refractivity (Wildman–Crippen MR) is 74.3 cm³/mol. The molecule has 1 aliphatic heterocycles. The van der Waals surface area contributed by atoms with Crippen LogP contribution in [0, 0.1) is 0 Å². The number of benzene rings is 1. The molecule has 1 aromatic carbocycles. The summed E-state index contributed by atoms with van der Waals surface area (Å²) in [5, 5.41) is 6.51. The minimum Gasteiger partial charge on any atom is -0.482 e. The van der Waals surface area contributed by atoms with E-state index in [0.29, 0.717) is 5.54 Å². The van der Waals surface area contributed by atoms with Gasteiger partial charge in [0, 0.05) is 12.1 Å². The van der Waals surface area contributed by atoms with E-state index in [4.69, 9.17) is 4.74 Å². The van der Waals surface area contributed by atoms with Crippen molar-refractivity contribution in [2.45, 2.75) is 44.7 Å². The lowest BCUT2D eigenvalue weighted by Crippen LogP contribution is -2.49. The van der Waals surface area contributed by atoms with Crippen molar-refractivity contribution in [3.63, 3.8) is 0 Å². The predicted octanol–water partition coefficient (Wildman–Crippen LogP) is 2.44. The zero-order valence-electron chi connectivity index (χ0n) is 11.3. The normalized spacial score (nSPS) is 19.9. The highest BCUT2D eigenvalue weighted by molar-refractivity contribution is 5.95. The Bertz CT molecular complexity index is 489. The maximum absolute atomic E-state index is 11.3. The highest BCUT2D eigenvalue weighted by Gasteiger charge is 2.34. The van der Waals surface area contributed by atoms with Crippen molar-refractivity contribution in [1.29, 1.82) is 0 Å². The summed E-state index contributed by atoms with van der Waals surface area (Å²) in [5.41, 5.74) is 2.31. The lowest BCUT2D eigenvalue weighted by molar-refractivity contribution is -0.118. The highest BCUT2D eigenvalue weighted by Crippen LogP contribution is 2.35. The third kappa shape index (κ3) is 2.45. The van der Waals surface area contributed by atoms with Gasteiger partial charge in [-0.25, -0.2) is 0 Å². The van der Waals surface area contributed by atoms with Crippen LogP contribution in [0.2, 0.25) is 0 Å². The van der Waals surface area contributed by atoms with Crippen LogP contribution in [0.25, 0.3) is 0 Å². The van der Waals surface area contributed by atoms with Gasteiger partial charge in [-0.1, -0.05) is 13.0 Å². The molecule has 1 amide bonds. The Labute approximate surface area is 113 Å². The summed E-state index contributed by atoms with van der Waals surface area (Å²) in [7, 11) is 0. The van der Waals surface area contributed by atoms with Gasteiger partial charge in [-0.05, 0) is 43.4 Å². The number of ether oxygens (including phenoxy) is 1. The SMILES string of the molecule is CCC1(NCc2ccc3c(c2)NC(=O)CO3)CCC1. The number of amides is 1. The smallest absolute Gasteiger partial charge is 0.262 e. The zero-order chi connectivity index (χ0) is 13.3. The molecular weight excluding hydrogens is 240 g/mol. The number of hydrogen-bond acceptors (Lipinski definition) is 3. The van der Waals surface area contributed by atoms with Gasteiger partial charge in [-0.15, -0.1) is 0 Å². The summed E-state index contributed by atoms with van der Waals surface area (Å²) in [6.45, 7) is 3.20. The fourth-order valence-corrected chi connectivity index (χ4v) is 2.79. The molecule has 2 aliphatic rings. The average Bonchev–Trinajstić information content (AvgIpc) is 2.37. The zero-order valence-corrected chi connectivity index (χ0v) is 11.3. The molecule has 3 rings (SSSR count). The molecule has 4 nitrogen and oxygen atoms in total. The van der Waals surface area contributed by atoms with Gasteiger partial charge in [0.1, 0.15) is 5.75 Å². The van der Waals surface area contributed by atoms with Crippen molar-refractivity contribution in [2.24, 2.45) is 0 Å². The Morgan fingerprint density at radius 3 is 2.95 bits per heavy atom. The topological polar surface area (TPSA) is 50.4 Å². The highest BCUT2D eigenvalue weighted by atomic mass is 16.5. The fourth-order valence-electron chi connectivity index (χ4n) is 2.79. The van der Waals surface area contributed by atoms with Crippen LogP contribution < -0.4 is 15.4 Å². The maximum Gasteiger partial charge on any atom is 0.262 e. The molecule has 102 valence electrons. The molecule has 0 unspecified atom stereocenters. The molecule has 1 aliphatic carbocycles. The number of carbonyl (C=O) groups excluding carboxylic acids is 1. The summed E-state index contributed by atoms with van der Waals surface area (Å²) in [6.07, 6.45) is 5.05. The van der Waals surface area contributed by atoms with Crippen molar-refractivity contribution >= 4 is 11.6 Å². The number of fused-ring (bicyclic) bond motifs is 1. The first-order chi connectivity index (χ1) is 9.21. The standard InChI is InChI=1S/C15H20N2O2/c1-2-15(6-3-7-15)16-9-11-4-5-13-12(8-11)17-14(18)10-19-13/h4-5,8,16H,2-3,6-7,9-10H2,1H3,(H,17,18). The largest absolute Gasteiger partial charge is 0.482 e. The second-order valence-corrected chi connectivity index (χ2v) is 5.51. The first-order valence-corrected chi connectivity index (χ1v) is 7.01. The first kappa shape index (κ1) is 12.5. The van der Waals surface area contributed by atoms with E-state index in [2.05, 4.69) is 23.6 Å². The number of rotatable bonds is 4. The fraction of sp³-hybridized carbons (Fsp3) is 0.533. The molecule has 4 heteroatoms. The van der Waals surface area contributed by atoms with E-state index in [9.17, 15) is 4.79 Å². The summed E-state index contributed by atoms with van der Waals surface area (Å²) < 4.78 is 5.36. The summed E-state index contributed by atoms with van der Waals surface area (Å²) in [6, 6.07) is 6.00. The third-order valence-corrected chi connectivity index (χ3v) is 4.33. The Morgan fingerprint density at radius 2 is 2.26 bits per heavy atom. The molecule has 0 aromatic heterocycles. The first-order valence-electron chi connectivity index (χ1n) is 7.01. The van der Waals surface area contributed by atoms with E-state index in [1.54, 1.807) is 0 Å². The van der Waals surface area contributed by atoms with Crippen LogP contribution >= 0.6 is 0 Å². The third-order valence-electron chi connectivity index (χ3n) is 4.33. The molecule has 0 bridgehead atoms. The van der Waals surface area contributed by atoms with Gasteiger partial charge >= 0.3 is 0 Å². The van der Waals surface area contributed by atoms with Crippen LogP contribution in [-0.4, -0.2) is 18.1 Å². The van der Waals surface area contributed by atoms with E-state index in [-0.39, 0.29) is 12.5 Å². The molecule has 19 heavy (non-hydrogen) atoms. The molecular formula is C15H20N2O2. The average molecular weight is 260 g/mol. The minimum atomic E-state index is -0.0818. The lowest BCUT2D eigenvalue weighted by Gasteiger charge is -2.42. The van der Waals surface area contributed by atoms with Gasteiger partial charge in [0.2, 0.25) is 0 Å². The van der Waals surface area contributed by atoms with Crippen LogP contribution in [0.3, 0.4) is 0 Å². The van der Waals surface area contributed by atoms with Crippen molar-refractivity contribution in [3.8, 4) is 5.75 Å². The number of nitrogens with one attached hydrogen (secondary N) is 2. The number of hydrogen-bond donors (Lipinski definition) is 2. The van der Waals surface area contributed by atoms with Gasteiger partial charge in [-0.3, -0.25) is 4.79 Å². The second kappa shape index (κ2) is 4.85. The second-order valence-electron chi connectivity index (χ2n) is 5.51. The monoisotopic (exact) mass is 260 g/mol. The quantitative estimate of drug-likeness (QED) is 0.874. The van der Waals surface area contributed by atoms with Crippen LogP contribution in [0.1, 0.15) is 38.2 Å². The summed E-state index contributed by atoms with van der Waals surface area (Å²) in [5.74, 6) is 0.679. The molecule has 1 saturated carbocycles. The van der Waals surface area contributed by atoms with Gasteiger partial charge in [0.25, 0.3) is 5.91 Å². The van der Waals surface area contributed by atoms with Crippen molar-refractivity contribution in [1.82, 2.24) is 5.32 Å². The number of anilines is 1. The molecule has 1 fully saturated rings. The maximum atomic E-state index is 11.3. The van der Waals surface area contributed by atoms with Gasteiger partial charge in [-0.2, -0.15) is 0 Å². The molecule has 1 aromatic rings. The molecule has 2 N–H and O–H groups in total. The van der Waals surface area contributed by atoms with Crippen LogP contribution in [0.15, 0.2) is 18.2 Å². The molecule has 0 saturated heterocycles. The van der Waals surface area contributed by atoms with E-state index in [1.807, 2.05) is 12.1 Å². The Hall–Kier alpha value is -1.55. The van der Waals surface area contributed by atoms with Gasteiger partial charge in [0.15, 0.2) is 6.61 Å². The van der Waals surface area contributed by atoms with Crippen molar-refractivity contribution < 1.29 is 9.53 Å². The lowest BCUT2D eigenvalue weighted by atomic mass is 9.75. The Morgan fingerprint density at radius 1 is 1.42 bits per heavy atom. The Kier molecular flexibility index (Phi) is 3.19. The molecule has 0 radical (unpaired) electrons. The Balaban J connectivity index is 1.68. The van der Waals surface area contributed by atoms with Crippen molar-refractivity contribution in [2.75, 3.05) is 11.9 Å². The van der Waals surface area contributed by atoms with Crippen LogP contribution in [0.4, 0.5) is 5.69 Å².